The largest absolute Gasteiger partial charge is 0.358 e. The Balaban J connectivity index is 1.39. The molecule has 0 amide bonds. The lowest BCUT2D eigenvalue weighted by atomic mass is 9.44. The summed E-state index contributed by atoms with van der Waals surface area (Å²) in [6.07, 6.45) is 8.10. The Bertz CT molecular complexity index is 1190. The van der Waals surface area contributed by atoms with Crippen LogP contribution >= 0.6 is 0 Å². The van der Waals surface area contributed by atoms with E-state index in [-0.39, 0.29) is 22.5 Å². The van der Waals surface area contributed by atoms with Gasteiger partial charge < -0.3 is 14.5 Å². The molecule has 1 unspecified atom stereocenters. The van der Waals surface area contributed by atoms with E-state index < -0.39 is 5.79 Å². The van der Waals surface area contributed by atoms with Crippen molar-refractivity contribution < 1.29 is 9.47 Å². The molecule has 3 nitrogen and oxygen atoms in total. The first-order valence-electron chi connectivity index (χ1n) is 12.1. The zero-order valence-electron chi connectivity index (χ0n) is 19.2. The van der Waals surface area contributed by atoms with Crippen molar-refractivity contribution in [3.05, 3.63) is 59.3 Å². The number of hydrogen-bond acceptors (Lipinski definition) is 2. The molecule has 1 aromatic carbocycles. The highest BCUT2D eigenvalue weighted by Crippen LogP contribution is 2.70. The normalized spacial score (nSPS) is 44.5. The Morgan fingerprint density at radius 3 is 2.71 bits per heavy atom. The van der Waals surface area contributed by atoms with Crippen LogP contribution in [0.3, 0.4) is 0 Å². The van der Waals surface area contributed by atoms with E-state index in [0.717, 1.165) is 18.4 Å². The summed E-state index contributed by atoms with van der Waals surface area (Å²) in [5, 5.41) is 1.43. The van der Waals surface area contributed by atoms with Crippen LogP contribution < -0.4 is 0 Å². The summed E-state index contributed by atoms with van der Waals surface area (Å²) in [5.74, 6) is 0.632. The average Bonchev–Trinajstić information content (AvgIpc) is 3.31. The molecule has 3 heteroatoms. The molecule has 1 N–H and O–H groups in total. The lowest BCUT2D eigenvalue weighted by Gasteiger charge is -2.62. The van der Waals surface area contributed by atoms with Crippen molar-refractivity contribution in [3.8, 4) is 0 Å². The molecule has 2 saturated carbocycles. The zero-order valence-corrected chi connectivity index (χ0v) is 19.2. The van der Waals surface area contributed by atoms with Gasteiger partial charge in [-0.1, -0.05) is 44.7 Å². The van der Waals surface area contributed by atoms with Gasteiger partial charge in [0, 0.05) is 28.4 Å². The van der Waals surface area contributed by atoms with E-state index >= 15 is 0 Å². The van der Waals surface area contributed by atoms with Gasteiger partial charge in [-0.05, 0) is 79.6 Å². The summed E-state index contributed by atoms with van der Waals surface area (Å²) >= 11 is 0. The van der Waals surface area contributed by atoms with Crippen LogP contribution in [0.5, 0.6) is 0 Å². The summed E-state index contributed by atoms with van der Waals surface area (Å²) in [5.41, 5.74) is 6.82. The smallest absolute Gasteiger partial charge is 0.192 e. The highest BCUT2D eigenvalue weighted by atomic mass is 16.8. The maximum atomic E-state index is 6.73. The monoisotopic (exact) mass is 415 g/mol. The fourth-order valence-electron chi connectivity index (χ4n) is 8.55. The van der Waals surface area contributed by atoms with Crippen LogP contribution in [0.15, 0.2) is 48.1 Å². The second-order valence-electron chi connectivity index (χ2n) is 11.8. The van der Waals surface area contributed by atoms with Crippen molar-refractivity contribution in [1.82, 2.24) is 4.98 Å². The fourth-order valence-corrected chi connectivity index (χ4v) is 8.55. The first kappa shape index (κ1) is 18.7. The van der Waals surface area contributed by atoms with E-state index in [1.54, 1.807) is 5.56 Å². The maximum Gasteiger partial charge on any atom is 0.192 e. The first-order chi connectivity index (χ1) is 14.7. The maximum absolute atomic E-state index is 6.73. The Hall–Kier alpha value is -1.84. The Kier molecular flexibility index (Phi) is 3.24. The van der Waals surface area contributed by atoms with Gasteiger partial charge in [0.1, 0.15) is 6.10 Å². The average molecular weight is 416 g/mol. The molecule has 1 aromatic heterocycles. The van der Waals surface area contributed by atoms with Gasteiger partial charge in [-0.25, -0.2) is 0 Å². The number of rotatable bonds is 0. The standard InChI is InChI=1S/C28H33NO2/c1-16-14-21-20-11-10-17-15-19-18-8-6-7-9-22(18)29-23(19)27(17,5)26(20,4)12-13-28(21)30-24(16)25(2,3)31-28/h6-9,14,17,20,24,29H,1,10-13,15H2,2-5H3/t17-,20?,24-,26-,27+,28-/m0/s1. The molecule has 0 radical (unpaired) electrons. The molecule has 6 atom stereocenters. The molecule has 31 heavy (non-hydrogen) atoms. The number of aromatic nitrogens is 1. The van der Waals surface area contributed by atoms with E-state index in [1.165, 1.54) is 41.4 Å². The van der Waals surface area contributed by atoms with Crippen LogP contribution in [0.4, 0.5) is 0 Å². The zero-order chi connectivity index (χ0) is 21.4. The number of H-pyrrole nitrogens is 1. The molecular formula is C28H33NO2. The van der Waals surface area contributed by atoms with E-state index in [2.05, 4.69) is 69.6 Å². The number of hydrogen-bond donors (Lipinski definition) is 1. The summed E-state index contributed by atoms with van der Waals surface area (Å²) in [6, 6.07) is 8.87. The number of fused-ring (bicyclic) bond motifs is 9. The van der Waals surface area contributed by atoms with Crippen molar-refractivity contribution in [2.75, 3.05) is 0 Å². The Labute approximate surface area is 184 Å². The quantitative estimate of drug-likeness (QED) is 0.556. The van der Waals surface area contributed by atoms with Gasteiger partial charge in [-0.3, -0.25) is 0 Å². The van der Waals surface area contributed by atoms with Gasteiger partial charge >= 0.3 is 0 Å². The van der Waals surface area contributed by atoms with E-state index in [1.807, 2.05) is 0 Å². The van der Waals surface area contributed by atoms with Crippen LogP contribution in [-0.2, 0) is 21.3 Å². The predicted molar refractivity (Wildman–Crippen MR) is 123 cm³/mol. The molecule has 162 valence electrons. The molecule has 2 aliphatic heterocycles. The Morgan fingerprint density at radius 1 is 1.06 bits per heavy atom. The fraction of sp³-hybridized carbons (Fsp3) is 0.571. The number of para-hydroxylation sites is 1. The van der Waals surface area contributed by atoms with Crippen molar-refractivity contribution in [2.45, 2.75) is 82.7 Å². The topological polar surface area (TPSA) is 34.2 Å². The third-order valence-corrected chi connectivity index (χ3v) is 10.2. The van der Waals surface area contributed by atoms with E-state index in [4.69, 9.17) is 9.47 Å². The highest BCUT2D eigenvalue weighted by Gasteiger charge is 2.69. The van der Waals surface area contributed by atoms with E-state index in [9.17, 15) is 0 Å². The second kappa shape index (κ2) is 5.38. The lowest BCUT2D eigenvalue weighted by Crippen LogP contribution is -2.60. The Morgan fingerprint density at radius 2 is 1.87 bits per heavy atom. The van der Waals surface area contributed by atoms with Crippen molar-refractivity contribution in [1.29, 1.82) is 0 Å². The molecule has 3 fully saturated rings. The summed E-state index contributed by atoms with van der Waals surface area (Å²) < 4.78 is 13.4. The summed E-state index contributed by atoms with van der Waals surface area (Å²) in [4.78, 5) is 3.90. The van der Waals surface area contributed by atoms with Gasteiger partial charge in [0.25, 0.3) is 0 Å². The molecule has 3 heterocycles. The van der Waals surface area contributed by atoms with Crippen LogP contribution in [0.25, 0.3) is 10.9 Å². The third kappa shape index (κ3) is 1.96. The lowest BCUT2D eigenvalue weighted by molar-refractivity contribution is -0.203. The van der Waals surface area contributed by atoms with Crippen molar-refractivity contribution in [2.24, 2.45) is 17.3 Å². The van der Waals surface area contributed by atoms with Gasteiger partial charge in [-0.15, -0.1) is 0 Å². The number of ether oxygens (including phenoxy) is 2. The summed E-state index contributed by atoms with van der Waals surface area (Å²) in [7, 11) is 0. The van der Waals surface area contributed by atoms with Crippen LogP contribution in [0, 0.1) is 17.3 Å². The van der Waals surface area contributed by atoms with Crippen LogP contribution in [0.2, 0.25) is 0 Å². The van der Waals surface area contributed by atoms with Gasteiger partial charge in [0.15, 0.2) is 5.79 Å². The van der Waals surface area contributed by atoms with Gasteiger partial charge in [0.2, 0.25) is 0 Å². The SMILES string of the molecule is C=C1C=C2C3CC[C@H]4Cc5c([nH]c6ccccc56)[C@]4(C)[C@@]3(C)CC[C@@]23O[C@@H]1C(C)(C)O3. The van der Waals surface area contributed by atoms with Gasteiger partial charge in [-0.2, -0.15) is 0 Å². The number of nitrogens with one attached hydrogen (secondary N) is 1. The minimum absolute atomic E-state index is 0.0284. The van der Waals surface area contributed by atoms with Crippen LogP contribution in [-0.4, -0.2) is 22.5 Å². The van der Waals surface area contributed by atoms with Gasteiger partial charge in [0.05, 0.1) is 5.60 Å². The molecular weight excluding hydrogens is 382 g/mol. The number of aromatic amines is 1. The molecule has 5 aliphatic rings. The predicted octanol–water partition coefficient (Wildman–Crippen LogP) is 6.19. The second-order valence-corrected chi connectivity index (χ2v) is 11.8. The molecule has 3 aliphatic carbocycles. The highest BCUT2D eigenvalue weighted by molar-refractivity contribution is 5.86. The van der Waals surface area contributed by atoms with E-state index in [0.29, 0.717) is 11.8 Å². The minimum Gasteiger partial charge on any atom is -0.358 e. The number of benzene rings is 1. The summed E-state index contributed by atoms with van der Waals surface area (Å²) in [6.45, 7) is 13.8. The van der Waals surface area contributed by atoms with Crippen molar-refractivity contribution in [3.63, 3.8) is 0 Å². The molecule has 2 bridgehead atoms. The first-order valence-corrected chi connectivity index (χ1v) is 12.1. The molecule has 1 spiro atoms. The molecule has 7 rings (SSSR count). The van der Waals surface area contributed by atoms with Crippen LogP contribution in [0.1, 0.15) is 64.6 Å². The van der Waals surface area contributed by atoms with Crippen molar-refractivity contribution >= 4 is 10.9 Å². The molecule has 2 aromatic rings. The minimum atomic E-state index is -0.537. The third-order valence-electron chi connectivity index (χ3n) is 10.2. The molecule has 1 saturated heterocycles.